The van der Waals surface area contributed by atoms with Crippen molar-refractivity contribution in [1.29, 1.82) is 0 Å². The van der Waals surface area contributed by atoms with Crippen molar-refractivity contribution in [2.75, 3.05) is 19.7 Å². The summed E-state index contributed by atoms with van der Waals surface area (Å²) in [6.45, 7) is 1.49. The van der Waals surface area contributed by atoms with Crippen LogP contribution in [0.25, 0.3) is 0 Å². The van der Waals surface area contributed by atoms with Gasteiger partial charge in [0.25, 0.3) is 11.8 Å². The minimum atomic E-state index is -0.267. The SMILES string of the molecule is Cn1cccc1C(=O)N1CCCC[C@H]1CCOC(=O)CCCNC(=O)c1cccs1. The highest BCUT2D eigenvalue weighted by Gasteiger charge is 2.28. The van der Waals surface area contributed by atoms with E-state index in [9.17, 15) is 14.4 Å². The summed E-state index contributed by atoms with van der Waals surface area (Å²) in [5.74, 6) is -0.338. The molecule has 7 nitrogen and oxygen atoms in total. The van der Waals surface area contributed by atoms with Crippen LogP contribution in [0.2, 0.25) is 0 Å². The van der Waals surface area contributed by atoms with E-state index in [4.69, 9.17) is 4.74 Å². The van der Waals surface area contributed by atoms with Crippen LogP contribution in [0.1, 0.15) is 58.7 Å². The van der Waals surface area contributed by atoms with Crippen molar-refractivity contribution < 1.29 is 19.1 Å². The Morgan fingerprint density at radius 3 is 2.83 bits per heavy atom. The fourth-order valence-corrected chi connectivity index (χ4v) is 4.35. The topological polar surface area (TPSA) is 80.6 Å². The van der Waals surface area contributed by atoms with Crippen molar-refractivity contribution in [2.24, 2.45) is 7.05 Å². The summed E-state index contributed by atoms with van der Waals surface area (Å²) in [5.41, 5.74) is 0.684. The first-order chi connectivity index (χ1) is 14.6. The number of hydrogen-bond donors (Lipinski definition) is 1. The zero-order valence-corrected chi connectivity index (χ0v) is 18.2. The molecule has 1 aliphatic rings. The number of hydrogen-bond acceptors (Lipinski definition) is 5. The summed E-state index contributed by atoms with van der Waals surface area (Å²) >= 11 is 1.39. The molecule has 30 heavy (non-hydrogen) atoms. The number of nitrogens with one attached hydrogen (secondary N) is 1. The minimum absolute atomic E-state index is 0.0417. The third kappa shape index (κ3) is 5.95. The second-order valence-corrected chi connectivity index (χ2v) is 8.45. The van der Waals surface area contributed by atoms with E-state index in [-0.39, 0.29) is 30.2 Å². The van der Waals surface area contributed by atoms with Gasteiger partial charge in [0.2, 0.25) is 0 Å². The predicted molar refractivity (Wildman–Crippen MR) is 116 cm³/mol. The molecule has 2 aromatic heterocycles. The van der Waals surface area contributed by atoms with Crippen LogP contribution in [-0.2, 0) is 16.6 Å². The number of aryl methyl sites for hydroxylation is 1. The molecular weight excluding hydrogens is 402 g/mol. The Bertz CT molecular complexity index is 846. The van der Waals surface area contributed by atoms with Crippen LogP contribution >= 0.6 is 11.3 Å². The van der Waals surface area contributed by atoms with Crippen LogP contribution < -0.4 is 5.32 Å². The van der Waals surface area contributed by atoms with Crippen LogP contribution in [-0.4, -0.2) is 53.0 Å². The zero-order valence-electron chi connectivity index (χ0n) is 17.3. The quantitative estimate of drug-likeness (QED) is 0.488. The molecule has 0 saturated carbocycles. The molecule has 0 bridgehead atoms. The fraction of sp³-hybridized carbons (Fsp3) is 0.500. The minimum Gasteiger partial charge on any atom is -0.466 e. The molecule has 1 N–H and O–H groups in total. The van der Waals surface area contributed by atoms with Gasteiger partial charge in [-0.05, 0) is 49.3 Å². The van der Waals surface area contributed by atoms with E-state index < -0.39 is 0 Å². The van der Waals surface area contributed by atoms with E-state index in [1.54, 1.807) is 6.07 Å². The molecule has 2 amide bonds. The van der Waals surface area contributed by atoms with Gasteiger partial charge in [0.15, 0.2) is 0 Å². The maximum Gasteiger partial charge on any atom is 0.305 e. The molecule has 1 aliphatic heterocycles. The lowest BCUT2D eigenvalue weighted by atomic mass is 9.99. The van der Waals surface area contributed by atoms with Gasteiger partial charge in [0.1, 0.15) is 5.69 Å². The Labute approximate surface area is 181 Å². The molecule has 0 spiro atoms. The Morgan fingerprint density at radius 2 is 2.10 bits per heavy atom. The first-order valence-corrected chi connectivity index (χ1v) is 11.3. The summed E-state index contributed by atoms with van der Waals surface area (Å²) in [6, 6.07) is 7.41. The number of likely N-dealkylation sites (tertiary alicyclic amines) is 1. The van der Waals surface area contributed by atoms with Gasteiger partial charge < -0.3 is 19.5 Å². The number of thiophene rings is 1. The van der Waals surface area contributed by atoms with Gasteiger partial charge in [-0.15, -0.1) is 11.3 Å². The van der Waals surface area contributed by atoms with E-state index in [2.05, 4.69) is 5.32 Å². The summed E-state index contributed by atoms with van der Waals surface area (Å²) < 4.78 is 7.21. The van der Waals surface area contributed by atoms with Crippen molar-refractivity contribution in [1.82, 2.24) is 14.8 Å². The predicted octanol–water partition coefficient (Wildman–Crippen LogP) is 3.22. The molecule has 162 valence electrons. The first-order valence-electron chi connectivity index (χ1n) is 10.5. The Morgan fingerprint density at radius 1 is 1.23 bits per heavy atom. The third-order valence-corrected chi connectivity index (χ3v) is 6.22. The van der Waals surface area contributed by atoms with Gasteiger partial charge in [0.05, 0.1) is 11.5 Å². The standard InChI is InChI=1S/C22H29N3O4S/c1-24-13-5-8-18(24)22(28)25-14-3-2-7-17(25)11-15-29-20(26)10-4-12-23-21(27)19-9-6-16-30-19/h5-6,8-9,13,16-17H,2-4,7,10-12,14-15H2,1H3,(H,23,27)/t17-/m0/s1. The fourth-order valence-electron chi connectivity index (χ4n) is 3.71. The number of ether oxygens (including phenoxy) is 1. The lowest BCUT2D eigenvalue weighted by Gasteiger charge is -2.35. The molecule has 2 aromatic rings. The second-order valence-electron chi connectivity index (χ2n) is 7.50. The average molecular weight is 432 g/mol. The number of aromatic nitrogens is 1. The van der Waals surface area contributed by atoms with Gasteiger partial charge in [-0.2, -0.15) is 0 Å². The second kappa shape index (κ2) is 11.0. The molecular formula is C22H29N3O4S. The number of piperidine rings is 1. The normalized spacial score (nSPS) is 16.3. The van der Waals surface area contributed by atoms with Crippen molar-refractivity contribution in [2.45, 2.75) is 44.6 Å². The molecule has 0 radical (unpaired) electrons. The Hall–Kier alpha value is -2.61. The maximum absolute atomic E-state index is 12.9. The van der Waals surface area contributed by atoms with E-state index in [1.807, 2.05) is 46.3 Å². The Balaban J connectivity index is 1.36. The van der Waals surface area contributed by atoms with Crippen LogP contribution in [0.15, 0.2) is 35.8 Å². The molecule has 0 aliphatic carbocycles. The molecule has 0 unspecified atom stereocenters. The highest BCUT2D eigenvalue weighted by molar-refractivity contribution is 7.12. The highest BCUT2D eigenvalue weighted by atomic mass is 32.1. The van der Waals surface area contributed by atoms with E-state index >= 15 is 0 Å². The number of nitrogens with zero attached hydrogens (tertiary/aromatic N) is 2. The first kappa shape index (κ1) is 22.1. The van der Waals surface area contributed by atoms with Crippen molar-refractivity contribution in [3.8, 4) is 0 Å². The summed E-state index contributed by atoms with van der Waals surface area (Å²) in [6.07, 6.45) is 6.35. The smallest absolute Gasteiger partial charge is 0.305 e. The van der Waals surface area contributed by atoms with Crippen LogP contribution in [0.4, 0.5) is 0 Å². The van der Waals surface area contributed by atoms with Crippen molar-refractivity contribution in [3.05, 3.63) is 46.4 Å². The lowest BCUT2D eigenvalue weighted by Crippen LogP contribution is -2.44. The number of carbonyl (C=O) groups is 3. The molecule has 1 saturated heterocycles. The van der Waals surface area contributed by atoms with E-state index in [0.717, 1.165) is 25.8 Å². The Kier molecular flexibility index (Phi) is 8.07. The van der Waals surface area contributed by atoms with Gasteiger partial charge in [0, 0.05) is 45.2 Å². The summed E-state index contributed by atoms with van der Waals surface area (Å²) in [5, 5.41) is 4.66. The van der Waals surface area contributed by atoms with Crippen LogP contribution in [0, 0.1) is 0 Å². The van der Waals surface area contributed by atoms with Crippen molar-refractivity contribution >= 4 is 29.1 Å². The molecule has 8 heteroatoms. The van der Waals surface area contributed by atoms with Crippen molar-refractivity contribution in [3.63, 3.8) is 0 Å². The lowest BCUT2D eigenvalue weighted by molar-refractivity contribution is -0.144. The summed E-state index contributed by atoms with van der Waals surface area (Å²) in [7, 11) is 1.87. The molecule has 3 rings (SSSR count). The largest absolute Gasteiger partial charge is 0.466 e. The number of amides is 2. The molecule has 1 fully saturated rings. The zero-order chi connectivity index (χ0) is 21.3. The monoisotopic (exact) mass is 431 g/mol. The van der Waals surface area contributed by atoms with Crippen LogP contribution in [0.3, 0.4) is 0 Å². The molecule has 1 atom stereocenters. The third-order valence-electron chi connectivity index (χ3n) is 5.35. The van der Waals surface area contributed by atoms with Gasteiger partial charge >= 0.3 is 5.97 Å². The molecule has 0 aromatic carbocycles. The number of rotatable bonds is 9. The summed E-state index contributed by atoms with van der Waals surface area (Å²) in [4.78, 5) is 39.3. The number of carbonyl (C=O) groups excluding carboxylic acids is 3. The molecule has 3 heterocycles. The number of esters is 1. The maximum atomic E-state index is 12.9. The van der Waals surface area contributed by atoms with Crippen LogP contribution in [0.5, 0.6) is 0 Å². The van der Waals surface area contributed by atoms with Gasteiger partial charge in [-0.1, -0.05) is 6.07 Å². The van der Waals surface area contributed by atoms with Gasteiger partial charge in [-0.3, -0.25) is 14.4 Å². The highest BCUT2D eigenvalue weighted by Crippen LogP contribution is 2.22. The van der Waals surface area contributed by atoms with E-state index in [0.29, 0.717) is 36.6 Å². The average Bonchev–Trinajstić information content (AvgIpc) is 3.43. The van der Waals surface area contributed by atoms with Gasteiger partial charge in [-0.25, -0.2) is 0 Å². The van der Waals surface area contributed by atoms with E-state index in [1.165, 1.54) is 11.3 Å².